The van der Waals surface area contributed by atoms with Crippen molar-refractivity contribution in [2.75, 3.05) is 26.7 Å². The van der Waals surface area contributed by atoms with Gasteiger partial charge >= 0.3 is 5.97 Å². The molecule has 0 amide bonds. The van der Waals surface area contributed by atoms with E-state index in [1.807, 2.05) is 18.2 Å². The van der Waals surface area contributed by atoms with Crippen molar-refractivity contribution in [2.45, 2.75) is 26.4 Å². The second kappa shape index (κ2) is 8.70. The quantitative estimate of drug-likeness (QED) is 0.696. The van der Waals surface area contributed by atoms with Gasteiger partial charge in [-0.1, -0.05) is 29.3 Å². The highest BCUT2D eigenvalue weighted by atomic mass is 35.5. The van der Waals surface area contributed by atoms with Crippen LogP contribution in [0.3, 0.4) is 0 Å². The molecule has 4 rings (SSSR count). The molecular formula is C24H26ClNO4. The van der Waals surface area contributed by atoms with Crippen LogP contribution in [0.5, 0.6) is 11.5 Å². The standard InChI is InChI=1S/C24H26ClNO4/c1-15-17(11-26-12-19(13-26)24(27)28)4-3-16-9-21(7-8-22(15)16)30-14-18-5-6-20(25)10-23(18)29-2/h5-10,19H,3-4,11-14H2,1-2H3,(H,27,28). The van der Waals surface area contributed by atoms with E-state index in [-0.39, 0.29) is 5.92 Å². The fraction of sp³-hybridized carbons (Fsp3) is 0.375. The lowest BCUT2D eigenvalue weighted by atomic mass is 9.85. The number of aryl methyl sites for hydroxylation is 1. The van der Waals surface area contributed by atoms with Gasteiger partial charge in [-0.15, -0.1) is 0 Å². The number of ether oxygens (including phenoxy) is 2. The van der Waals surface area contributed by atoms with Crippen LogP contribution in [0, 0.1) is 5.92 Å². The first-order valence-corrected chi connectivity index (χ1v) is 10.5. The highest BCUT2D eigenvalue weighted by Gasteiger charge is 2.33. The summed E-state index contributed by atoms with van der Waals surface area (Å²) in [6.45, 7) is 4.75. The predicted molar refractivity (Wildman–Crippen MR) is 117 cm³/mol. The topological polar surface area (TPSA) is 59.0 Å². The number of aliphatic carboxylic acids is 1. The van der Waals surface area contributed by atoms with E-state index in [9.17, 15) is 4.79 Å². The Balaban J connectivity index is 1.42. The highest BCUT2D eigenvalue weighted by Crippen LogP contribution is 2.35. The van der Waals surface area contributed by atoms with Crippen LogP contribution in [0.2, 0.25) is 5.02 Å². The first-order chi connectivity index (χ1) is 14.4. The van der Waals surface area contributed by atoms with E-state index in [0.717, 1.165) is 36.4 Å². The summed E-state index contributed by atoms with van der Waals surface area (Å²) in [4.78, 5) is 13.2. The second-order valence-corrected chi connectivity index (χ2v) is 8.46. The van der Waals surface area contributed by atoms with Crippen molar-refractivity contribution >= 4 is 23.1 Å². The number of hydrogen-bond acceptors (Lipinski definition) is 4. The molecule has 0 aromatic heterocycles. The summed E-state index contributed by atoms with van der Waals surface area (Å²) in [7, 11) is 1.63. The van der Waals surface area contributed by atoms with E-state index >= 15 is 0 Å². The highest BCUT2D eigenvalue weighted by molar-refractivity contribution is 6.30. The maximum absolute atomic E-state index is 11.0. The number of rotatable bonds is 7. The van der Waals surface area contributed by atoms with Gasteiger partial charge in [0, 0.05) is 30.2 Å². The van der Waals surface area contributed by atoms with Crippen LogP contribution in [0.15, 0.2) is 42.0 Å². The number of methoxy groups -OCH3 is 1. The number of benzene rings is 2. The average molecular weight is 428 g/mol. The van der Waals surface area contributed by atoms with E-state index in [4.69, 9.17) is 26.2 Å². The summed E-state index contributed by atoms with van der Waals surface area (Å²) >= 11 is 6.03. The van der Waals surface area contributed by atoms with Gasteiger partial charge < -0.3 is 14.6 Å². The molecule has 0 unspecified atom stereocenters. The summed E-state index contributed by atoms with van der Waals surface area (Å²) < 4.78 is 11.4. The van der Waals surface area contributed by atoms with Gasteiger partial charge in [0.25, 0.3) is 0 Å². The van der Waals surface area contributed by atoms with Gasteiger partial charge in [-0.3, -0.25) is 9.69 Å². The first-order valence-electron chi connectivity index (χ1n) is 10.2. The van der Waals surface area contributed by atoms with Crippen LogP contribution >= 0.6 is 11.6 Å². The zero-order chi connectivity index (χ0) is 21.3. The van der Waals surface area contributed by atoms with Gasteiger partial charge in [-0.2, -0.15) is 0 Å². The van der Waals surface area contributed by atoms with E-state index in [0.29, 0.717) is 24.7 Å². The van der Waals surface area contributed by atoms with Gasteiger partial charge in [-0.25, -0.2) is 0 Å². The van der Waals surface area contributed by atoms with Gasteiger partial charge in [0.15, 0.2) is 0 Å². The SMILES string of the molecule is COc1cc(Cl)ccc1COc1ccc2c(c1)CCC(CN1CC(C(=O)O)C1)=C2C. The molecule has 0 spiro atoms. The fourth-order valence-electron chi connectivity index (χ4n) is 4.22. The molecule has 0 radical (unpaired) electrons. The molecule has 6 heteroatoms. The molecule has 0 saturated carbocycles. The van der Waals surface area contributed by atoms with Crippen molar-refractivity contribution in [3.05, 3.63) is 63.7 Å². The molecule has 2 aromatic rings. The Morgan fingerprint density at radius 3 is 2.73 bits per heavy atom. The van der Waals surface area contributed by atoms with Crippen LogP contribution in [0.4, 0.5) is 0 Å². The number of likely N-dealkylation sites (tertiary alicyclic amines) is 1. The summed E-state index contributed by atoms with van der Waals surface area (Å²) in [6.07, 6.45) is 1.97. The molecule has 1 aliphatic carbocycles. The average Bonchev–Trinajstić information content (AvgIpc) is 2.70. The van der Waals surface area contributed by atoms with Crippen molar-refractivity contribution in [1.82, 2.24) is 4.90 Å². The number of carboxylic acids is 1. The summed E-state index contributed by atoms with van der Waals surface area (Å²) in [6, 6.07) is 11.8. The zero-order valence-electron chi connectivity index (χ0n) is 17.3. The zero-order valence-corrected chi connectivity index (χ0v) is 18.0. The van der Waals surface area contributed by atoms with Crippen molar-refractivity contribution in [3.8, 4) is 11.5 Å². The molecule has 1 aliphatic heterocycles. The van der Waals surface area contributed by atoms with Crippen molar-refractivity contribution in [1.29, 1.82) is 0 Å². The monoisotopic (exact) mass is 427 g/mol. The smallest absolute Gasteiger partial charge is 0.309 e. The predicted octanol–water partition coefficient (Wildman–Crippen LogP) is 4.66. The molecule has 30 heavy (non-hydrogen) atoms. The fourth-order valence-corrected chi connectivity index (χ4v) is 4.38. The molecule has 1 heterocycles. The van der Waals surface area contributed by atoms with E-state index in [2.05, 4.69) is 24.0 Å². The van der Waals surface area contributed by atoms with Crippen molar-refractivity contribution in [2.24, 2.45) is 5.92 Å². The molecule has 1 fully saturated rings. The summed E-state index contributed by atoms with van der Waals surface area (Å²) in [5.41, 5.74) is 6.23. The lowest BCUT2D eigenvalue weighted by molar-refractivity contribution is -0.147. The first kappa shape index (κ1) is 20.8. The molecule has 1 N–H and O–H groups in total. The molecule has 5 nitrogen and oxygen atoms in total. The second-order valence-electron chi connectivity index (χ2n) is 8.02. The minimum absolute atomic E-state index is 0.208. The summed E-state index contributed by atoms with van der Waals surface area (Å²) in [5.74, 6) is 0.671. The molecule has 2 aromatic carbocycles. The number of allylic oxidation sites excluding steroid dienone is 1. The van der Waals surface area contributed by atoms with E-state index in [1.54, 1.807) is 13.2 Å². The van der Waals surface area contributed by atoms with Crippen LogP contribution in [0.1, 0.15) is 30.0 Å². The Bertz CT molecular complexity index is 995. The van der Waals surface area contributed by atoms with Crippen molar-refractivity contribution in [3.63, 3.8) is 0 Å². The maximum atomic E-state index is 11.0. The third kappa shape index (κ3) is 4.32. The minimum Gasteiger partial charge on any atom is -0.496 e. The lowest BCUT2D eigenvalue weighted by Gasteiger charge is -2.38. The van der Waals surface area contributed by atoms with Crippen molar-refractivity contribution < 1.29 is 19.4 Å². The van der Waals surface area contributed by atoms with Gasteiger partial charge in [0.1, 0.15) is 18.1 Å². The normalized spacial score (nSPS) is 16.8. The molecular weight excluding hydrogens is 402 g/mol. The van der Waals surface area contributed by atoms with Crippen LogP contribution < -0.4 is 9.47 Å². The van der Waals surface area contributed by atoms with Crippen LogP contribution in [-0.2, 0) is 17.8 Å². The van der Waals surface area contributed by atoms with Gasteiger partial charge in [-0.05, 0) is 60.7 Å². The number of nitrogens with zero attached hydrogens (tertiary/aromatic N) is 1. The Morgan fingerprint density at radius 1 is 1.20 bits per heavy atom. The Kier molecular flexibility index (Phi) is 6.02. The third-order valence-electron chi connectivity index (χ3n) is 6.07. The minimum atomic E-state index is -0.685. The number of carboxylic acid groups (broad SMARTS) is 1. The van der Waals surface area contributed by atoms with E-state index in [1.165, 1.54) is 22.3 Å². The molecule has 2 aliphatic rings. The molecule has 158 valence electrons. The molecule has 0 atom stereocenters. The van der Waals surface area contributed by atoms with E-state index < -0.39 is 5.97 Å². The molecule has 1 saturated heterocycles. The maximum Gasteiger partial charge on any atom is 0.309 e. The Morgan fingerprint density at radius 2 is 2.00 bits per heavy atom. The largest absolute Gasteiger partial charge is 0.496 e. The molecule has 0 bridgehead atoms. The number of hydrogen-bond donors (Lipinski definition) is 1. The number of carbonyl (C=O) groups is 1. The number of halogens is 1. The van der Waals surface area contributed by atoms with Crippen LogP contribution in [-0.4, -0.2) is 42.7 Å². The van der Waals surface area contributed by atoms with Gasteiger partial charge in [0.2, 0.25) is 0 Å². The lowest BCUT2D eigenvalue weighted by Crippen LogP contribution is -2.50. The Hall–Kier alpha value is -2.50. The third-order valence-corrected chi connectivity index (χ3v) is 6.31. The number of fused-ring (bicyclic) bond motifs is 1. The van der Waals surface area contributed by atoms with Crippen LogP contribution in [0.25, 0.3) is 5.57 Å². The van der Waals surface area contributed by atoms with Gasteiger partial charge in [0.05, 0.1) is 13.0 Å². The Labute approximate surface area is 181 Å². The summed E-state index contributed by atoms with van der Waals surface area (Å²) in [5, 5.41) is 9.70.